The molecule has 8 heteroatoms. The minimum Gasteiger partial charge on any atom is -0.291 e. The molecule has 1 aromatic carbocycles. The van der Waals surface area contributed by atoms with Gasteiger partial charge in [0.15, 0.2) is 5.78 Å². The standard InChI is InChI=1S/C11H8F3O4P/c1-7(15)10(18-19(16)17)6-8-4-2-3-5-9(8)11(12,13)14/h2-6H,1H3/p+1/b10-6+. The number of carbonyl (C=O) groups is 1. The van der Waals surface area contributed by atoms with Gasteiger partial charge < -0.3 is 0 Å². The van der Waals surface area contributed by atoms with Gasteiger partial charge in [-0.25, -0.2) is 4.52 Å². The lowest BCUT2D eigenvalue weighted by Gasteiger charge is -2.09. The average molecular weight is 293 g/mol. The third kappa shape index (κ3) is 4.46. The third-order valence-electron chi connectivity index (χ3n) is 2.08. The molecule has 0 spiro atoms. The maximum atomic E-state index is 12.7. The van der Waals surface area contributed by atoms with Crippen molar-refractivity contribution in [3.05, 3.63) is 41.2 Å². The molecule has 1 aromatic rings. The first-order valence-corrected chi connectivity index (χ1v) is 6.08. The number of carbonyl (C=O) groups excluding carboxylic acids is 1. The molecule has 1 rings (SSSR count). The summed E-state index contributed by atoms with van der Waals surface area (Å²) in [6.07, 6.45) is -3.81. The van der Waals surface area contributed by atoms with E-state index < -0.39 is 31.5 Å². The van der Waals surface area contributed by atoms with Crippen LogP contribution in [0.2, 0.25) is 0 Å². The fraction of sp³-hybridized carbons (Fsp3) is 0.182. The highest BCUT2D eigenvalue weighted by Crippen LogP contribution is 2.33. The molecule has 0 aliphatic carbocycles. The lowest BCUT2D eigenvalue weighted by molar-refractivity contribution is -0.137. The van der Waals surface area contributed by atoms with Crippen LogP contribution in [0.3, 0.4) is 0 Å². The Morgan fingerprint density at radius 1 is 1.37 bits per heavy atom. The number of ketones is 1. The van der Waals surface area contributed by atoms with Gasteiger partial charge in [-0.2, -0.15) is 13.2 Å². The van der Waals surface area contributed by atoms with Crippen molar-refractivity contribution in [1.29, 1.82) is 0 Å². The molecule has 0 fully saturated rings. The number of allylic oxidation sites excluding steroid dienone is 1. The molecule has 0 saturated heterocycles. The van der Waals surface area contributed by atoms with Crippen molar-refractivity contribution in [1.82, 2.24) is 0 Å². The molecule has 0 radical (unpaired) electrons. The van der Waals surface area contributed by atoms with Crippen molar-refractivity contribution in [2.45, 2.75) is 13.1 Å². The van der Waals surface area contributed by atoms with Crippen molar-refractivity contribution in [2.75, 3.05) is 0 Å². The van der Waals surface area contributed by atoms with E-state index in [0.29, 0.717) is 0 Å². The topological polar surface area (TPSA) is 63.6 Å². The number of Topliss-reactive ketones (excluding diaryl/α,β-unsaturated/α-hetero) is 1. The van der Waals surface area contributed by atoms with E-state index in [1.807, 2.05) is 0 Å². The van der Waals surface area contributed by atoms with E-state index in [1.54, 1.807) is 0 Å². The van der Waals surface area contributed by atoms with Crippen LogP contribution in [0.25, 0.3) is 6.08 Å². The fourth-order valence-corrected chi connectivity index (χ4v) is 1.65. The first-order chi connectivity index (χ1) is 8.71. The molecule has 102 valence electrons. The molecule has 0 bridgehead atoms. The summed E-state index contributed by atoms with van der Waals surface area (Å²) in [7, 11) is -3.13. The Bertz CT molecular complexity index is 537. The second-order valence-corrected chi connectivity index (χ2v) is 4.14. The van der Waals surface area contributed by atoms with Gasteiger partial charge in [0.1, 0.15) is 0 Å². The number of hydrogen-bond acceptors (Lipinski definition) is 3. The minimum absolute atomic E-state index is 0.322. The SMILES string of the molecule is CC(=O)/C(=C\c1ccccc1C(F)(F)F)O[P+](=O)O. The number of hydrogen-bond donors (Lipinski definition) is 1. The third-order valence-corrected chi connectivity index (χ3v) is 2.43. The van der Waals surface area contributed by atoms with Crippen molar-refractivity contribution in [3.8, 4) is 0 Å². The molecular formula is C11H9F3O4P+. The van der Waals surface area contributed by atoms with Crippen LogP contribution in [0.5, 0.6) is 0 Å². The van der Waals surface area contributed by atoms with Crippen molar-refractivity contribution in [3.63, 3.8) is 0 Å². The molecule has 0 aliphatic heterocycles. The van der Waals surface area contributed by atoms with E-state index >= 15 is 0 Å². The maximum absolute atomic E-state index is 12.7. The van der Waals surface area contributed by atoms with Gasteiger partial charge in [-0.1, -0.05) is 18.2 Å². The Hall–Kier alpha value is -1.72. The maximum Gasteiger partial charge on any atom is 0.747 e. The Kier molecular flexibility index (Phi) is 4.80. The van der Waals surface area contributed by atoms with Gasteiger partial charge in [-0.15, -0.1) is 4.89 Å². The second kappa shape index (κ2) is 5.95. The Morgan fingerprint density at radius 2 is 1.95 bits per heavy atom. The summed E-state index contributed by atoms with van der Waals surface area (Å²) in [5.41, 5.74) is -1.29. The van der Waals surface area contributed by atoms with Gasteiger partial charge in [-0.3, -0.25) is 4.79 Å². The van der Waals surface area contributed by atoms with E-state index in [-0.39, 0.29) is 5.56 Å². The summed E-state index contributed by atoms with van der Waals surface area (Å²) in [6.45, 7) is 1.01. The lowest BCUT2D eigenvalue weighted by Crippen LogP contribution is -2.08. The Balaban J connectivity index is 3.29. The predicted molar refractivity (Wildman–Crippen MR) is 61.0 cm³/mol. The number of benzene rings is 1. The van der Waals surface area contributed by atoms with Crippen LogP contribution in [-0.2, 0) is 20.1 Å². The molecule has 0 amide bonds. The van der Waals surface area contributed by atoms with Crippen molar-refractivity contribution >= 4 is 20.1 Å². The van der Waals surface area contributed by atoms with Crippen LogP contribution >= 0.6 is 8.25 Å². The van der Waals surface area contributed by atoms with Crippen LogP contribution in [0.15, 0.2) is 30.0 Å². The number of rotatable bonds is 4. The molecule has 0 heterocycles. The average Bonchev–Trinajstić information content (AvgIpc) is 2.26. The highest BCUT2D eigenvalue weighted by Gasteiger charge is 2.33. The summed E-state index contributed by atoms with van der Waals surface area (Å²) in [4.78, 5) is 19.7. The molecular weight excluding hydrogens is 284 g/mol. The molecule has 19 heavy (non-hydrogen) atoms. The summed E-state index contributed by atoms with van der Waals surface area (Å²) < 4.78 is 52.9. The summed E-state index contributed by atoms with van der Waals surface area (Å²) in [6, 6.07) is 4.50. The predicted octanol–water partition coefficient (Wildman–Crippen LogP) is 3.30. The van der Waals surface area contributed by atoms with Gasteiger partial charge in [0.25, 0.3) is 0 Å². The molecule has 0 aromatic heterocycles. The second-order valence-electron chi connectivity index (χ2n) is 3.48. The van der Waals surface area contributed by atoms with Gasteiger partial charge in [0, 0.05) is 11.5 Å². The molecule has 1 N–H and O–H groups in total. The van der Waals surface area contributed by atoms with Crippen molar-refractivity contribution in [2.24, 2.45) is 0 Å². The zero-order valence-corrected chi connectivity index (χ0v) is 10.5. The van der Waals surface area contributed by atoms with E-state index in [4.69, 9.17) is 4.89 Å². The number of alkyl halides is 3. The zero-order chi connectivity index (χ0) is 14.6. The monoisotopic (exact) mass is 293 g/mol. The highest BCUT2D eigenvalue weighted by molar-refractivity contribution is 7.32. The van der Waals surface area contributed by atoms with Gasteiger partial charge in [0.05, 0.1) is 5.56 Å². The molecule has 0 saturated carbocycles. The zero-order valence-electron chi connectivity index (χ0n) is 9.64. The smallest absolute Gasteiger partial charge is 0.291 e. The summed E-state index contributed by atoms with van der Waals surface area (Å²) >= 11 is 0. The van der Waals surface area contributed by atoms with Crippen molar-refractivity contribution < 1.29 is 31.9 Å². The molecule has 1 unspecified atom stereocenters. The fourth-order valence-electron chi connectivity index (χ4n) is 1.30. The summed E-state index contributed by atoms with van der Waals surface area (Å²) in [5.74, 6) is -1.37. The van der Waals surface area contributed by atoms with E-state index in [9.17, 15) is 22.5 Å². The Morgan fingerprint density at radius 3 is 2.42 bits per heavy atom. The first-order valence-electron chi connectivity index (χ1n) is 4.95. The largest absolute Gasteiger partial charge is 0.747 e. The van der Waals surface area contributed by atoms with E-state index in [0.717, 1.165) is 25.1 Å². The van der Waals surface area contributed by atoms with E-state index in [1.165, 1.54) is 12.1 Å². The molecule has 0 aliphatic rings. The first kappa shape index (κ1) is 15.3. The highest BCUT2D eigenvalue weighted by atomic mass is 31.1. The molecule has 1 atom stereocenters. The van der Waals surface area contributed by atoms with E-state index in [2.05, 4.69) is 4.52 Å². The van der Waals surface area contributed by atoms with Gasteiger partial charge >= 0.3 is 14.4 Å². The normalized spacial score (nSPS) is 13.1. The van der Waals surface area contributed by atoms with Crippen LogP contribution in [0.1, 0.15) is 18.1 Å². The summed E-state index contributed by atoms with van der Waals surface area (Å²) in [5, 5.41) is 0. The van der Waals surface area contributed by atoms with Gasteiger partial charge in [-0.05, 0) is 17.7 Å². The molecule has 4 nitrogen and oxygen atoms in total. The van der Waals surface area contributed by atoms with Crippen LogP contribution in [0, 0.1) is 0 Å². The van der Waals surface area contributed by atoms with Gasteiger partial charge in [0.2, 0.25) is 5.76 Å². The lowest BCUT2D eigenvalue weighted by atomic mass is 10.1. The van der Waals surface area contributed by atoms with Crippen LogP contribution in [0.4, 0.5) is 13.2 Å². The minimum atomic E-state index is -4.60. The van der Waals surface area contributed by atoms with Crippen LogP contribution < -0.4 is 0 Å². The Labute approximate surface area is 107 Å². The van der Waals surface area contributed by atoms with Crippen LogP contribution in [-0.4, -0.2) is 10.7 Å². The number of halogens is 3. The quantitative estimate of drug-likeness (QED) is 0.525.